The lowest BCUT2D eigenvalue weighted by Crippen LogP contribution is -2.47. The Morgan fingerprint density at radius 1 is 1.07 bits per heavy atom. The smallest absolute Gasteiger partial charge is 0.274 e. The van der Waals surface area contributed by atoms with E-state index in [0.29, 0.717) is 11.7 Å². The molecule has 3 aromatic rings. The topological polar surface area (TPSA) is 70.4 Å². The number of aromatic nitrogens is 4. The number of hydrogen-bond donors (Lipinski definition) is 0. The van der Waals surface area contributed by atoms with Crippen molar-refractivity contribution in [3.63, 3.8) is 0 Å². The minimum atomic E-state index is -0.0243. The number of para-hydroxylation sites is 2. The van der Waals surface area contributed by atoms with Crippen molar-refractivity contribution in [3.05, 3.63) is 48.7 Å². The minimum Gasteiger partial charge on any atom is -0.353 e. The van der Waals surface area contributed by atoms with Crippen LogP contribution in [0.4, 0.5) is 5.82 Å². The number of piperazine rings is 1. The lowest BCUT2D eigenvalue weighted by Gasteiger charge is -2.32. The molecule has 8 heteroatoms. The molecule has 0 saturated carbocycles. The predicted octanol–water partition coefficient (Wildman–Crippen LogP) is 1.67. The van der Waals surface area contributed by atoms with Crippen LogP contribution in [0.15, 0.2) is 43.0 Å². The summed E-state index contributed by atoms with van der Waals surface area (Å²) in [6.45, 7) is 4.98. The number of amides is 1. The average Bonchev–Trinajstić information content (AvgIpc) is 3.41. The van der Waals surface area contributed by atoms with Crippen molar-refractivity contribution in [2.45, 2.75) is 12.5 Å². The highest BCUT2D eigenvalue weighted by Gasteiger charge is 2.27. The van der Waals surface area contributed by atoms with E-state index in [1.54, 1.807) is 12.4 Å². The predicted molar refractivity (Wildman–Crippen MR) is 111 cm³/mol. The summed E-state index contributed by atoms with van der Waals surface area (Å²) in [7, 11) is 2.08. The molecule has 0 aliphatic carbocycles. The second-order valence-corrected chi connectivity index (χ2v) is 7.89. The van der Waals surface area contributed by atoms with Gasteiger partial charge in [-0.15, -0.1) is 0 Å². The third-order valence-corrected chi connectivity index (χ3v) is 5.99. The monoisotopic (exact) mass is 391 g/mol. The molecule has 4 heterocycles. The largest absolute Gasteiger partial charge is 0.353 e. The van der Waals surface area contributed by atoms with E-state index < -0.39 is 0 Å². The van der Waals surface area contributed by atoms with E-state index in [1.165, 1.54) is 0 Å². The first kappa shape index (κ1) is 18.1. The molecule has 2 aromatic heterocycles. The van der Waals surface area contributed by atoms with Crippen molar-refractivity contribution < 1.29 is 4.79 Å². The highest BCUT2D eigenvalue weighted by atomic mass is 16.2. The van der Waals surface area contributed by atoms with E-state index in [4.69, 9.17) is 0 Å². The fourth-order valence-corrected chi connectivity index (χ4v) is 4.23. The molecule has 1 unspecified atom stereocenters. The van der Waals surface area contributed by atoms with Gasteiger partial charge < -0.3 is 19.3 Å². The summed E-state index contributed by atoms with van der Waals surface area (Å²) in [4.78, 5) is 32.7. The van der Waals surface area contributed by atoms with Crippen molar-refractivity contribution in [3.8, 4) is 0 Å². The number of hydrogen-bond acceptors (Lipinski definition) is 6. The summed E-state index contributed by atoms with van der Waals surface area (Å²) in [6, 6.07) is 8.55. The summed E-state index contributed by atoms with van der Waals surface area (Å²) in [5, 5.41) is 0. The first-order valence-electron chi connectivity index (χ1n) is 10.2. The van der Waals surface area contributed by atoms with Crippen LogP contribution in [-0.2, 0) is 0 Å². The summed E-state index contributed by atoms with van der Waals surface area (Å²) in [5.41, 5.74) is 2.61. The molecule has 1 amide bonds. The van der Waals surface area contributed by atoms with Crippen LogP contribution < -0.4 is 4.90 Å². The fourth-order valence-electron chi connectivity index (χ4n) is 4.23. The molecule has 2 aliphatic rings. The Balaban J connectivity index is 1.32. The van der Waals surface area contributed by atoms with Crippen LogP contribution >= 0.6 is 0 Å². The summed E-state index contributed by atoms with van der Waals surface area (Å²) in [6.07, 6.45) is 6.28. The van der Waals surface area contributed by atoms with E-state index >= 15 is 0 Å². The summed E-state index contributed by atoms with van der Waals surface area (Å²) in [5.74, 6) is 0.751. The Bertz CT molecular complexity index is 1020. The van der Waals surface area contributed by atoms with Gasteiger partial charge in [0.05, 0.1) is 35.8 Å². The second-order valence-electron chi connectivity index (χ2n) is 7.89. The number of carbonyl (C=O) groups is 1. The van der Waals surface area contributed by atoms with Crippen LogP contribution in [0.3, 0.4) is 0 Å². The minimum absolute atomic E-state index is 0.0243. The molecular formula is C21H25N7O. The Hall–Kier alpha value is -3.00. The molecule has 2 aliphatic heterocycles. The fraction of sp³-hybridized carbons (Fsp3) is 0.429. The zero-order valence-corrected chi connectivity index (χ0v) is 16.6. The highest BCUT2D eigenvalue weighted by molar-refractivity contribution is 5.92. The normalized spacial score (nSPS) is 20.5. The van der Waals surface area contributed by atoms with Crippen LogP contribution in [0.1, 0.15) is 23.0 Å². The van der Waals surface area contributed by atoms with Gasteiger partial charge in [0, 0.05) is 39.3 Å². The number of nitrogens with zero attached hydrogens (tertiary/aromatic N) is 7. The maximum absolute atomic E-state index is 12.8. The Morgan fingerprint density at radius 3 is 2.76 bits per heavy atom. The van der Waals surface area contributed by atoms with E-state index in [2.05, 4.69) is 42.4 Å². The van der Waals surface area contributed by atoms with Crippen LogP contribution in [0.2, 0.25) is 0 Å². The maximum Gasteiger partial charge on any atom is 0.274 e. The molecule has 1 aromatic carbocycles. The molecule has 2 fully saturated rings. The van der Waals surface area contributed by atoms with E-state index in [-0.39, 0.29) is 5.91 Å². The molecular weight excluding hydrogens is 366 g/mol. The van der Waals surface area contributed by atoms with E-state index in [0.717, 1.165) is 62.5 Å². The third-order valence-electron chi connectivity index (χ3n) is 5.99. The van der Waals surface area contributed by atoms with Crippen molar-refractivity contribution in [1.29, 1.82) is 0 Å². The van der Waals surface area contributed by atoms with Crippen LogP contribution in [0.25, 0.3) is 11.0 Å². The van der Waals surface area contributed by atoms with Gasteiger partial charge in [-0.3, -0.25) is 9.78 Å². The lowest BCUT2D eigenvalue weighted by molar-refractivity contribution is 0.0658. The molecule has 0 N–H and O–H groups in total. The Labute approximate surface area is 169 Å². The van der Waals surface area contributed by atoms with E-state index in [1.807, 2.05) is 29.4 Å². The van der Waals surface area contributed by atoms with Crippen molar-refractivity contribution in [2.24, 2.45) is 0 Å². The Kier molecular flexibility index (Phi) is 4.63. The highest BCUT2D eigenvalue weighted by Crippen LogP contribution is 2.28. The van der Waals surface area contributed by atoms with Gasteiger partial charge in [0.1, 0.15) is 11.5 Å². The van der Waals surface area contributed by atoms with Crippen molar-refractivity contribution >= 4 is 22.8 Å². The Morgan fingerprint density at radius 2 is 1.90 bits per heavy atom. The lowest BCUT2D eigenvalue weighted by atomic mass is 10.2. The molecule has 0 spiro atoms. The number of benzene rings is 1. The molecule has 0 radical (unpaired) electrons. The quantitative estimate of drug-likeness (QED) is 0.676. The summed E-state index contributed by atoms with van der Waals surface area (Å²) >= 11 is 0. The second kappa shape index (κ2) is 7.44. The molecule has 5 rings (SSSR count). The number of rotatable bonds is 3. The SMILES string of the molecule is CN1CCN(C(=O)c2cncc(N3CCC(n4cnc5ccccc54)C3)n2)CC1. The van der Waals surface area contributed by atoms with Gasteiger partial charge >= 0.3 is 0 Å². The molecule has 1 atom stereocenters. The van der Waals surface area contributed by atoms with Crippen molar-refractivity contribution in [2.75, 3.05) is 51.2 Å². The third kappa shape index (κ3) is 3.44. The average molecular weight is 391 g/mol. The van der Waals surface area contributed by atoms with Gasteiger partial charge in [-0.25, -0.2) is 9.97 Å². The summed E-state index contributed by atoms with van der Waals surface area (Å²) < 4.78 is 2.25. The van der Waals surface area contributed by atoms with Gasteiger partial charge in [0.15, 0.2) is 0 Å². The van der Waals surface area contributed by atoms with Gasteiger partial charge in [-0.1, -0.05) is 12.1 Å². The zero-order valence-electron chi connectivity index (χ0n) is 16.6. The molecule has 8 nitrogen and oxygen atoms in total. The number of fused-ring (bicyclic) bond motifs is 1. The van der Waals surface area contributed by atoms with Crippen LogP contribution in [-0.4, -0.2) is 81.5 Å². The van der Waals surface area contributed by atoms with E-state index in [9.17, 15) is 4.79 Å². The van der Waals surface area contributed by atoms with Gasteiger partial charge in [-0.05, 0) is 25.6 Å². The van der Waals surface area contributed by atoms with Crippen molar-refractivity contribution in [1.82, 2.24) is 29.3 Å². The van der Waals surface area contributed by atoms with Gasteiger partial charge in [-0.2, -0.15) is 0 Å². The number of likely N-dealkylation sites (N-methyl/N-ethyl adjacent to an activating group) is 1. The molecule has 0 bridgehead atoms. The standard InChI is InChI=1S/C21H25N7O/c1-25-8-10-26(11-9-25)21(29)18-12-22-13-20(24-18)27-7-6-16(14-27)28-15-23-17-4-2-3-5-19(17)28/h2-5,12-13,15-16H,6-11,14H2,1H3. The number of carbonyl (C=O) groups excluding carboxylic acids is 1. The molecule has 2 saturated heterocycles. The zero-order chi connectivity index (χ0) is 19.8. The first-order valence-corrected chi connectivity index (χ1v) is 10.2. The van der Waals surface area contributed by atoms with Crippen LogP contribution in [0.5, 0.6) is 0 Å². The number of imidazole rings is 1. The van der Waals surface area contributed by atoms with Gasteiger partial charge in [0.2, 0.25) is 0 Å². The van der Waals surface area contributed by atoms with Crippen LogP contribution in [0, 0.1) is 0 Å². The first-order chi connectivity index (χ1) is 14.2. The number of anilines is 1. The molecule has 29 heavy (non-hydrogen) atoms. The maximum atomic E-state index is 12.8. The molecule has 150 valence electrons. The van der Waals surface area contributed by atoms with Gasteiger partial charge in [0.25, 0.3) is 5.91 Å².